The molecule has 2 aliphatic rings. The number of amides is 1. The van der Waals surface area contributed by atoms with Crippen LogP contribution in [0.1, 0.15) is 33.1 Å². The van der Waals surface area contributed by atoms with Crippen LogP contribution >= 0.6 is 11.8 Å². The van der Waals surface area contributed by atoms with Gasteiger partial charge >= 0.3 is 5.97 Å². The number of hydrogen-bond acceptors (Lipinski definition) is 4. The summed E-state index contributed by atoms with van der Waals surface area (Å²) in [5, 5.41) is 12.4. The molecule has 1 saturated heterocycles. The molecule has 106 valence electrons. The van der Waals surface area contributed by atoms with Crippen molar-refractivity contribution in [1.29, 1.82) is 0 Å². The summed E-state index contributed by atoms with van der Waals surface area (Å²) < 4.78 is 0. The largest absolute Gasteiger partial charge is 0.477 e. The maximum Gasteiger partial charge on any atom is 0.352 e. The number of unbranched alkanes of at least 4 members (excludes halogenated alkanes) is 2. The fraction of sp³-hybridized carbons (Fsp3) is 0.692. The Bertz CT molecular complexity index is 422. The zero-order valence-corrected chi connectivity index (χ0v) is 12.1. The number of thioether (sulfide) groups is 1. The molecular formula is C13H20N2O3S. The summed E-state index contributed by atoms with van der Waals surface area (Å²) in [5.41, 5.74) is 0.951. The van der Waals surface area contributed by atoms with Crippen LogP contribution in [0.4, 0.5) is 0 Å². The number of aliphatic carboxylic acids is 1. The van der Waals surface area contributed by atoms with Crippen molar-refractivity contribution in [1.82, 2.24) is 10.2 Å². The second-order valence-corrected chi connectivity index (χ2v) is 6.09. The van der Waals surface area contributed by atoms with Crippen molar-refractivity contribution in [2.75, 3.05) is 12.3 Å². The number of carboxylic acids is 1. The van der Waals surface area contributed by atoms with Gasteiger partial charge in [-0.3, -0.25) is 9.69 Å². The van der Waals surface area contributed by atoms with Gasteiger partial charge in [-0.05, 0) is 25.5 Å². The van der Waals surface area contributed by atoms with Gasteiger partial charge in [0.2, 0.25) is 5.91 Å². The summed E-state index contributed by atoms with van der Waals surface area (Å²) in [6, 6.07) is -0.218. The van der Waals surface area contributed by atoms with Gasteiger partial charge in [-0.15, -0.1) is 11.8 Å². The number of nitrogens with one attached hydrogen (secondary N) is 1. The van der Waals surface area contributed by atoms with Crippen molar-refractivity contribution in [3.05, 3.63) is 11.3 Å². The Balaban J connectivity index is 1.97. The average Bonchev–Trinajstić information content (AvgIpc) is 2.38. The van der Waals surface area contributed by atoms with Crippen LogP contribution in [0.25, 0.3) is 0 Å². The fourth-order valence-electron chi connectivity index (χ4n) is 2.46. The Morgan fingerprint density at radius 1 is 1.53 bits per heavy atom. The van der Waals surface area contributed by atoms with Gasteiger partial charge in [0.25, 0.3) is 0 Å². The van der Waals surface area contributed by atoms with Gasteiger partial charge in [0.15, 0.2) is 0 Å². The van der Waals surface area contributed by atoms with Crippen LogP contribution in [0, 0.1) is 0 Å². The maximum atomic E-state index is 12.1. The molecule has 2 N–H and O–H groups in total. The van der Waals surface area contributed by atoms with Gasteiger partial charge < -0.3 is 10.4 Å². The van der Waals surface area contributed by atoms with E-state index in [-0.39, 0.29) is 23.0 Å². The van der Waals surface area contributed by atoms with Crippen LogP contribution in [0.2, 0.25) is 0 Å². The van der Waals surface area contributed by atoms with Crippen molar-refractivity contribution in [2.45, 2.75) is 44.5 Å². The molecule has 2 aliphatic heterocycles. The van der Waals surface area contributed by atoms with E-state index in [1.165, 1.54) is 4.90 Å². The van der Waals surface area contributed by atoms with Crippen molar-refractivity contribution in [3.63, 3.8) is 0 Å². The molecule has 0 spiro atoms. The van der Waals surface area contributed by atoms with Gasteiger partial charge in [-0.1, -0.05) is 19.8 Å². The average molecular weight is 284 g/mol. The number of carboxylic acid groups (broad SMARTS) is 1. The number of nitrogens with zero attached hydrogens (tertiary/aromatic N) is 1. The number of β-lactam (4-membered cyclic amide) rings is 1. The van der Waals surface area contributed by atoms with Gasteiger partial charge in [-0.2, -0.15) is 0 Å². The Labute approximate surface area is 117 Å². The van der Waals surface area contributed by atoms with Crippen LogP contribution < -0.4 is 5.32 Å². The molecule has 0 aromatic carbocycles. The van der Waals surface area contributed by atoms with E-state index in [1.807, 2.05) is 0 Å². The molecule has 5 nitrogen and oxygen atoms in total. The molecule has 2 rings (SSSR count). The number of carbonyl (C=O) groups excluding carboxylic acids is 1. The highest BCUT2D eigenvalue weighted by molar-refractivity contribution is 8.00. The van der Waals surface area contributed by atoms with E-state index in [1.54, 1.807) is 18.7 Å². The summed E-state index contributed by atoms with van der Waals surface area (Å²) in [7, 11) is 0. The third-order valence-electron chi connectivity index (χ3n) is 3.51. The predicted octanol–water partition coefficient (Wildman–Crippen LogP) is 1.41. The highest BCUT2D eigenvalue weighted by Gasteiger charge is 2.52. The zero-order valence-electron chi connectivity index (χ0n) is 11.3. The van der Waals surface area contributed by atoms with Crippen LogP contribution in [-0.4, -0.2) is 45.6 Å². The van der Waals surface area contributed by atoms with Crippen molar-refractivity contribution in [3.8, 4) is 0 Å². The van der Waals surface area contributed by atoms with Gasteiger partial charge in [-0.25, -0.2) is 4.79 Å². The highest BCUT2D eigenvalue weighted by Crippen LogP contribution is 2.39. The molecule has 19 heavy (non-hydrogen) atoms. The lowest BCUT2D eigenvalue weighted by molar-refractivity contribution is -0.149. The molecule has 0 aliphatic carbocycles. The monoisotopic (exact) mass is 284 g/mol. The van der Waals surface area contributed by atoms with E-state index in [0.717, 1.165) is 31.4 Å². The zero-order chi connectivity index (χ0) is 14.0. The van der Waals surface area contributed by atoms with Crippen molar-refractivity contribution in [2.24, 2.45) is 0 Å². The molecule has 1 fully saturated rings. The summed E-state index contributed by atoms with van der Waals surface area (Å²) in [6.45, 7) is 4.74. The number of carbonyl (C=O) groups is 2. The van der Waals surface area contributed by atoms with Crippen LogP contribution in [-0.2, 0) is 9.59 Å². The SMILES string of the molecule is CCCCCN[C@H]1C(=O)N2C(C(=O)O)=C(C)CS[C@H]12. The maximum absolute atomic E-state index is 12.1. The first-order chi connectivity index (χ1) is 9.07. The molecule has 2 heterocycles. The third kappa shape index (κ3) is 2.65. The minimum atomic E-state index is -0.999. The lowest BCUT2D eigenvalue weighted by Gasteiger charge is -2.49. The molecule has 0 radical (unpaired) electrons. The molecule has 0 unspecified atom stereocenters. The van der Waals surface area contributed by atoms with Crippen molar-refractivity contribution >= 4 is 23.6 Å². The molecule has 0 bridgehead atoms. The molecule has 1 amide bonds. The lowest BCUT2D eigenvalue weighted by atomic mass is 10.0. The van der Waals surface area contributed by atoms with Gasteiger partial charge in [0.1, 0.15) is 17.1 Å². The summed E-state index contributed by atoms with van der Waals surface area (Å²) >= 11 is 1.64. The third-order valence-corrected chi connectivity index (χ3v) is 4.93. The number of fused-ring (bicyclic) bond motifs is 1. The minimum absolute atomic E-state index is 0.0519. The first-order valence-electron chi connectivity index (χ1n) is 6.69. The topological polar surface area (TPSA) is 69.6 Å². The van der Waals surface area contributed by atoms with E-state index >= 15 is 0 Å². The quantitative estimate of drug-likeness (QED) is 0.570. The molecule has 6 heteroatoms. The Morgan fingerprint density at radius 2 is 2.26 bits per heavy atom. The molecular weight excluding hydrogens is 264 g/mol. The van der Waals surface area contributed by atoms with E-state index in [2.05, 4.69) is 12.2 Å². The Hall–Kier alpha value is -1.01. The van der Waals surface area contributed by atoms with Crippen LogP contribution in [0.3, 0.4) is 0 Å². The van der Waals surface area contributed by atoms with Gasteiger partial charge in [0.05, 0.1) is 0 Å². The summed E-state index contributed by atoms with van der Waals surface area (Å²) in [6.07, 6.45) is 3.35. The smallest absolute Gasteiger partial charge is 0.352 e. The second-order valence-electron chi connectivity index (χ2n) is 4.98. The molecule has 0 saturated carbocycles. The minimum Gasteiger partial charge on any atom is -0.477 e. The predicted molar refractivity (Wildman–Crippen MR) is 74.7 cm³/mol. The van der Waals surface area contributed by atoms with Crippen LogP contribution in [0.15, 0.2) is 11.3 Å². The van der Waals surface area contributed by atoms with E-state index in [9.17, 15) is 14.7 Å². The summed E-state index contributed by atoms with van der Waals surface area (Å²) in [4.78, 5) is 24.7. The Kier molecular flexibility index (Phi) is 4.52. The van der Waals surface area contributed by atoms with Gasteiger partial charge in [0, 0.05) is 5.75 Å². The normalized spacial score (nSPS) is 26.2. The van der Waals surface area contributed by atoms with Crippen molar-refractivity contribution < 1.29 is 14.7 Å². The van der Waals surface area contributed by atoms with E-state index < -0.39 is 5.97 Å². The highest BCUT2D eigenvalue weighted by atomic mass is 32.2. The fourth-order valence-corrected chi connectivity index (χ4v) is 3.78. The Morgan fingerprint density at radius 3 is 2.89 bits per heavy atom. The lowest BCUT2D eigenvalue weighted by Crippen LogP contribution is -2.69. The standard InChI is InChI=1S/C13H20N2O3S/c1-3-4-5-6-14-9-11(16)15-10(13(17)18)8(2)7-19-12(9)15/h9,12,14H,3-7H2,1-2H3,(H,17,18)/t9-,12+/m0/s1. The first kappa shape index (κ1) is 14.4. The summed E-state index contributed by atoms with van der Waals surface area (Å²) in [5.74, 6) is -0.422. The molecule has 0 aromatic heterocycles. The number of hydrogen-bond donors (Lipinski definition) is 2. The second kappa shape index (κ2) is 5.96. The van der Waals surface area contributed by atoms with E-state index in [4.69, 9.17) is 0 Å². The first-order valence-corrected chi connectivity index (χ1v) is 7.74. The van der Waals surface area contributed by atoms with E-state index in [0.29, 0.717) is 5.75 Å². The molecule has 0 aromatic rings. The molecule has 2 atom stereocenters. The number of rotatable bonds is 6. The van der Waals surface area contributed by atoms with Crippen LogP contribution in [0.5, 0.6) is 0 Å².